The third-order valence-corrected chi connectivity index (χ3v) is 3.48. The van der Waals surface area contributed by atoms with E-state index in [0.29, 0.717) is 17.9 Å². The predicted octanol–water partition coefficient (Wildman–Crippen LogP) is 2.44. The zero-order chi connectivity index (χ0) is 15.9. The van der Waals surface area contributed by atoms with Crippen LogP contribution in [0.3, 0.4) is 0 Å². The van der Waals surface area contributed by atoms with Gasteiger partial charge in [0, 0.05) is 12.6 Å². The van der Waals surface area contributed by atoms with Gasteiger partial charge in [-0.15, -0.1) is 11.6 Å². The third-order valence-electron chi connectivity index (χ3n) is 3.04. The van der Waals surface area contributed by atoms with Gasteiger partial charge in [-0.2, -0.15) is 0 Å². The van der Waals surface area contributed by atoms with Crippen molar-refractivity contribution in [2.24, 2.45) is 0 Å². The highest BCUT2D eigenvalue weighted by molar-refractivity contribution is 6.30. The molecule has 1 aromatic heterocycles. The summed E-state index contributed by atoms with van der Waals surface area (Å²) >= 11 is 6.21. The van der Waals surface area contributed by atoms with Crippen LogP contribution in [0.25, 0.3) is 0 Å². The van der Waals surface area contributed by atoms with Gasteiger partial charge in [0.05, 0.1) is 6.54 Å². The molecule has 2 rings (SSSR count). The molecule has 6 nitrogen and oxygen atoms in total. The number of nitrogens with one attached hydrogen (secondary N) is 1. The molecular weight excluding hydrogens is 306 g/mol. The lowest BCUT2D eigenvalue weighted by atomic mass is 10.1. The van der Waals surface area contributed by atoms with Crippen LogP contribution in [0.1, 0.15) is 17.9 Å². The van der Waals surface area contributed by atoms with Crippen molar-refractivity contribution in [1.82, 2.24) is 10.1 Å². The van der Waals surface area contributed by atoms with E-state index >= 15 is 0 Å². The molecule has 0 saturated heterocycles. The number of rotatable bonds is 6. The Morgan fingerprint density at radius 2 is 2.05 bits per heavy atom. The van der Waals surface area contributed by atoms with Crippen molar-refractivity contribution >= 4 is 29.2 Å². The summed E-state index contributed by atoms with van der Waals surface area (Å²) in [4.78, 5) is 25.7. The van der Waals surface area contributed by atoms with Gasteiger partial charge < -0.3 is 14.7 Å². The number of carbonyl (C=O) groups excluding carboxylic acids is 2. The molecule has 2 amide bonds. The molecule has 2 aromatic rings. The summed E-state index contributed by atoms with van der Waals surface area (Å²) in [7, 11) is 0. The second-order valence-electron chi connectivity index (χ2n) is 4.56. The zero-order valence-electron chi connectivity index (χ0n) is 12.0. The molecule has 1 atom stereocenters. The monoisotopic (exact) mass is 321 g/mol. The Labute approximate surface area is 133 Å². The van der Waals surface area contributed by atoms with Crippen molar-refractivity contribution in [1.29, 1.82) is 0 Å². The highest BCUT2D eigenvalue weighted by Gasteiger charge is 2.24. The fraction of sp³-hybridized carbons (Fsp3) is 0.267. The number of alkyl halides is 1. The maximum atomic E-state index is 12.4. The minimum absolute atomic E-state index is 0.0990. The maximum absolute atomic E-state index is 12.4. The molecule has 7 heteroatoms. The van der Waals surface area contributed by atoms with Crippen molar-refractivity contribution in [2.45, 2.75) is 12.3 Å². The molecule has 1 aromatic carbocycles. The standard InChI is InChI=1S/C15H16ClN3O3/c1-2-19(10-13(20)17-12-8-9-22-18-12)15(21)14(16)11-6-4-3-5-7-11/h3-9,14H,2,10H2,1H3,(H,17,18,20)/t14-/m1/s1. The number of benzene rings is 1. The van der Waals surface area contributed by atoms with Gasteiger partial charge in [0.15, 0.2) is 5.82 Å². The molecular formula is C15H16ClN3O3. The average Bonchev–Trinajstić information content (AvgIpc) is 3.05. The Morgan fingerprint density at radius 3 is 2.64 bits per heavy atom. The summed E-state index contributed by atoms with van der Waals surface area (Å²) in [5, 5.41) is 5.30. The number of likely N-dealkylation sites (N-methyl/N-ethyl adjacent to an activating group) is 1. The molecule has 0 bridgehead atoms. The van der Waals surface area contributed by atoms with Gasteiger partial charge in [-0.05, 0) is 12.5 Å². The second kappa shape index (κ2) is 7.61. The highest BCUT2D eigenvalue weighted by Crippen LogP contribution is 2.22. The fourth-order valence-electron chi connectivity index (χ4n) is 1.90. The SMILES string of the molecule is CCN(CC(=O)Nc1ccon1)C(=O)[C@H](Cl)c1ccccc1. The summed E-state index contributed by atoms with van der Waals surface area (Å²) in [6, 6.07) is 10.5. The van der Waals surface area contributed by atoms with Crippen LogP contribution < -0.4 is 5.32 Å². The van der Waals surface area contributed by atoms with E-state index in [1.54, 1.807) is 19.1 Å². The number of nitrogens with zero attached hydrogens (tertiary/aromatic N) is 2. The van der Waals surface area contributed by atoms with Crippen molar-refractivity contribution < 1.29 is 14.1 Å². The van der Waals surface area contributed by atoms with Gasteiger partial charge in [-0.1, -0.05) is 35.5 Å². The van der Waals surface area contributed by atoms with E-state index in [0.717, 1.165) is 0 Å². The number of anilines is 1. The summed E-state index contributed by atoms with van der Waals surface area (Å²) in [5.41, 5.74) is 0.699. The summed E-state index contributed by atoms with van der Waals surface area (Å²) in [6.45, 7) is 2.06. The van der Waals surface area contributed by atoms with Crippen molar-refractivity contribution in [3.63, 3.8) is 0 Å². The maximum Gasteiger partial charge on any atom is 0.245 e. The van der Waals surface area contributed by atoms with Gasteiger partial charge in [0.2, 0.25) is 11.8 Å². The quantitative estimate of drug-likeness (QED) is 0.829. The first kappa shape index (κ1) is 16.0. The van der Waals surface area contributed by atoms with Crippen LogP contribution in [0, 0.1) is 0 Å². The largest absolute Gasteiger partial charge is 0.363 e. The van der Waals surface area contributed by atoms with E-state index in [2.05, 4.69) is 15.0 Å². The fourth-order valence-corrected chi connectivity index (χ4v) is 2.19. The normalized spacial score (nSPS) is 11.7. The van der Waals surface area contributed by atoms with Gasteiger partial charge in [0.1, 0.15) is 11.6 Å². The second-order valence-corrected chi connectivity index (χ2v) is 4.99. The van der Waals surface area contributed by atoms with Crippen LogP contribution in [0.2, 0.25) is 0 Å². The van der Waals surface area contributed by atoms with Gasteiger partial charge in [-0.3, -0.25) is 9.59 Å². The van der Waals surface area contributed by atoms with Gasteiger partial charge >= 0.3 is 0 Å². The van der Waals surface area contributed by atoms with E-state index < -0.39 is 5.38 Å². The highest BCUT2D eigenvalue weighted by atomic mass is 35.5. The number of halogens is 1. The molecule has 0 fully saturated rings. The number of carbonyl (C=O) groups is 2. The first-order valence-electron chi connectivity index (χ1n) is 6.80. The molecule has 0 aliphatic carbocycles. The lowest BCUT2D eigenvalue weighted by Crippen LogP contribution is -2.39. The van der Waals surface area contributed by atoms with Crippen LogP contribution in [0.4, 0.5) is 5.82 Å². The number of amides is 2. The van der Waals surface area contributed by atoms with Crippen LogP contribution in [0.15, 0.2) is 47.2 Å². The summed E-state index contributed by atoms with van der Waals surface area (Å²) in [6.07, 6.45) is 1.35. The topological polar surface area (TPSA) is 75.4 Å². The first-order chi connectivity index (χ1) is 10.6. The van der Waals surface area contributed by atoms with Gasteiger partial charge in [-0.25, -0.2) is 0 Å². The molecule has 0 saturated carbocycles. The van der Waals surface area contributed by atoms with Crippen molar-refractivity contribution in [3.8, 4) is 0 Å². The van der Waals surface area contributed by atoms with Crippen LogP contribution in [0.5, 0.6) is 0 Å². The lowest BCUT2D eigenvalue weighted by Gasteiger charge is -2.22. The average molecular weight is 322 g/mol. The van der Waals surface area contributed by atoms with E-state index in [1.807, 2.05) is 18.2 Å². The Morgan fingerprint density at radius 1 is 1.32 bits per heavy atom. The number of aromatic nitrogens is 1. The molecule has 0 aliphatic rings. The molecule has 22 heavy (non-hydrogen) atoms. The Bertz CT molecular complexity index is 616. The number of hydrogen-bond donors (Lipinski definition) is 1. The molecule has 1 heterocycles. The zero-order valence-corrected chi connectivity index (χ0v) is 12.8. The molecule has 1 N–H and O–H groups in total. The molecule has 0 unspecified atom stereocenters. The molecule has 0 aliphatic heterocycles. The van der Waals surface area contributed by atoms with E-state index in [1.165, 1.54) is 17.2 Å². The summed E-state index contributed by atoms with van der Waals surface area (Å²) in [5.74, 6) is -0.370. The lowest BCUT2D eigenvalue weighted by molar-refractivity contribution is -0.134. The summed E-state index contributed by atoms with van der Waals surface area (Å²) < 4.78 is 4.62. The Balaban J connectivity index is 1.98. The minimum atomic E-state index is -0.819. The third kappa shape index (κ3) is 4.08. The minimum Gasteiger partial charge on any atom is -0.363 e. The first-order valence-corrected chi connectivity index (χ1v) is 7.23. The molecule has 0 radical (unpaired) electrons. The number of hydrogen-bond acceptors (Lipinski definition) is 4. The van der Waals surface area contributed by atoms with Crippen molar-refractivity contribution in [3.05, 3.63) is 48.2 Å². The van der Waals surface area contributed by atoms with Crippen LogP contribution in [-0.4, -0.2) is 35.0 Å². The molecule has 116 valence electrons. The Kier molecular flexibility index (Phi) is 5.55. The van der Waals surface area contributed by atoms with Crippen molar-refractivity contribution in [2.75, 3.05) is 18.4 Å². The van der Waals surface area contributed by atoms with E-state index in [4.69, 9.17) is 11.6 Å². The van der Waals surface area contributed by atoms with Crippen LogP contribution in [-0.2, 0) is 9.59 Å². The van der Waals surface area contributed by atoms with Gasteiger partial charge in [0.25, 0.3) is 0 Å². The Hall–Kier alpha value is -2.34. The smallest absolute Gasteiger partial charge is 0.245 e. The van der Waals surface area contributed by atoms with E-state index in [9.17, 15) is 9.59 Å². The predicted molar refractivity (Wildman–Crippen MR) is 82.4 cm³/mol. The van der Waals surface area contributed by atoms with Crippen LogP contribution >= 0.6 is 11.6 Å². The van der Waals surface area contributed by atoms with E-state index in [-0.39, 0.29) is 18.4 Å². The molecule has 0 spiro atoms.